The normalized spacial score (nSPS) is 21.2. The lowest BCUT2D eigenvalue weighted by atomic mass is 9.96. The highest BCUT2D eigenvalue weighted by molar-refractivity contribution is 5.75. The van der Waals surface area contributed by atoms with E-state index >= 15 is 0 Å². The van der Waals surface area contributed by atoms with Crippen LogP contribution in [0.15, 0.2) is 36.5 Å². The lowest BCUT2D eigenvalue weighted by Crippen LogP contribution is -2.45. The standard InChI is InChI=1S/C14H20N2O/c17-14(16-13-10-6-3-7-11-13)15-12-8-4-1-2-5-9-12/h1-2,4-5,8-9,12-13H,3,6-7,10-11H2,(H2,15,16,17). The van der Waals surface area contributed by atoms with Gasteiger partial charge in [-0.25, -0.2) is 4.79 Å². The Morgan fingerprint density at radius 3 is 2.18 bits per heavy atom. The SMILES string of the molecule is O=C(NC1C=CC=CC=C1)NC1CCCCC1. The van der Waals surface area contributed by atoms with E-state index in [-0.39, 0.29) is 12.1 Å². The average molecular weight is 232 g/mol. The van der Waals surface area contributed by atoms with E-state index in [0.717, 1.165) is 12.8 Å². The lowest BCUT2D eigenvalue weighted by Gasteiger charge is -2.23. The lowest BCUT2D eigenvalue weighted by molar-refractivity contribution is 0.232. The zero-order valence-electron chi connectivity index (χ0n) is 10.1. The van der Waals surface area contributed by atoms with Crippen molar-refractivity contribution in [3.8, 4) is 0 Å². The van der Waals surface area contributed by atoms with Gasteiger partial charge in [-0.2, -0.15) is 0 Å². The molecule has 0 atom stereocenters. The number of carbonyl (C=O) groups excluding carboxylic acids is 1. The van der Waals surface area contributed by atoms with Crippen LogP contribution in [0, 0.1) is 0 Å². The monoisotopic (exact) mass is 232 g/mol. The Balaban J connectivity index is 1.76. The van der Waals surface area contributed by atoms with Crippen molar-refractivity contribution in [2.75, 3.05) is 0 Å². The summed E-state index contributed by atoms with van der Waals surface area (Å²) in [6.45, 7) is 0. The Hall–Kier alpha value is -1.51. The van der Waals surface area contributed by atoms with Gasteiger partial charge in [0.1, 0.15) is 0 Å². The first-order chi connectivity index (χ1) is 8.34. The van der Waals surface area contributed by atoms with Crippen LogP contribution >= 0.6 is 0 Å². The van der Waals surface area contributed by atoms with Crippen LogP contribution in [-0.4, -0.2) is 18.1 Å². The minimum atomic E-state index is -0.0573. The first-order valence-corrected chi connectivity index (χ1v) is 6.43. The second-order valence-electron chi connectivity index (χ2n) is 4.63. The van der Waals surface area contributed by atoms with Crippen molar-refractivity contribution in [1.29, 1.82) is 0 Å². The molecule has 0 aromatic rings. The predicted octanol–water partition coefficient (Wildman–Crippen LogP) is 2.67. The van der Waals surface area contributed by atoms with E-state index in [4.69, 9.17) is 0 Å². The van der Waals surface area contributed by atoms with E-state index < -0.39 is 0 Å². The summed E-state index contributed by atoms with van der Waals surface area (Å²) in [6, 6.07) is 0.298. The fraction of sp³-hybridized carbons (Fsp3) is 0.500. The van der Waals surface area contributed by atoms with Gasteiger partial charge in [0.25, 0.3) is 0 Å². The van der Waals surface area contributed by atoms with E-state index in [9.17, 15) is 4.79 Å². The molecule has 1 fully saturated rings. The van der Waals surface area contributed by atoms with Gasteiger partial charge in [0.15, 0.2) is 0 Å². The number of nitrogens with one attached hydrogen (secondary N) is 2. The third kappa shape index (κ3) is 4.10. The number of carbonyl (C=O) groups is 1. The molecule has 0 bridgehead atoms. The molecule has 0 heterocycles. The zero-order valence-corrected chi connectivity index (χ0v) is 10.1. The minimum absolute atomic E-state index is 0.00593. The fourth-order valence-corrected chi connectivity index (χ4v) is 2.28. The molecule has 0 spiro atoms. The predicted molar refractivity (Wildman–Crippen MR) is 69.7 cm³/mol. The first-order valence-electron chi connectivity index (χ1n) is 6.43. The van der Waals surface area contributed by atoms with Gasteiger partial charge in [0, 0.05) is 6.04 Å². The summed E-state index contributed by atoms with van der Waals surface area (Å²) in [7, 11) is 0. The largest absolute Gasteiger partial charge is 0.335 e. The number of urea groups is 1. The zero-order chi connectivity index (χ0) is 11.9. The van der Waals surface area contributed by atoms with Crippen LogP contribution in [0.5, 0.6) is 0 Å². The van der Waals surface area contributed by atoms with Gasteiger partial charge in [0.05, 0.1) is 6.04 Å². The molecule has 0 aliphatic heterocycles. The molecule has 0 saturated heterocycles. The maximum absolute atomic E-state index is 11.8. The molecule has 17 heavy (non-hydrogen) atoms. The number of amides is 2. The van der Waals surface area contributed by atoms with Gasteiger partial charge in [0.2, 0.25) is 0 Å². The quantitative estimate of drug-likeness (QED) is 0.755. The van der Waals surface area contributed by atoms with Crippen LogP contribution < -0.4 is 10.6 Å². The van der Waals surface area contributed by atoms with Crippen LogP contribution in [-0.2, 0) is 0 Å². The van der Waals surface area contributed by atoms with E-state index in [1.165, 1.54) is 19.3 Å². The molecule has 3 nitrogen and oxygen atoms in total. The Kier molecular flexibility index (Phi) is 4.42. The second-order valence-corrected chi connectivity index (χ2v) is 4.63. The van der Waals surface area contributed by atoms with Crippen molar-refractivity contribution in [3.05, 3.63) is 36.5 Å². The van der Waals surface area contributed by atoms with Gasteiger partial charge < -0.3 is 10.6 Å². The molecule has 0 radical (unpaired) electrons. The van der Waals surface area contributed by atoms with Crippen molar-refractivity contribution in [1.82, 2.24) is 10.6 Å². The number of hydrogen-bond acceptors (Lipinski definition) is 1. The van der Waals surface area contributed by atoms with Gasteiger partial charge in [-0.15, -0.1) is 0 Å². The summed E-state index contributed by atoms with van der Waals surface area (Å²) in [5.41, 5.74) is 0. The van der Waals surface area contributed by atoms with Crippen LogP contribution in [0.2, 0.25) is 0 Å². The summed E-state index contributed by atoms with van der Waals surface area (Å²) < 4.78 is 0. The third-order valence-electron chi connectivity index (χ3n) is 3.21. The maximum atomic E-state index is 11.8. The summed E-state index contributed by atoms with van der Waals surface area (Å²) >= 11 is 0. The molecule has 2 aliphatic rings. The topological polar surface area (TPSA) is 41.1 Å². The number of hydrogen-bond donors (Lipinski definition) is 2. The third-order valence-corrected chi connectivity index (χ3v) is 3.21. The summed E-state index contributed by atoms with van der Waals surface area (Å²) in [6.07, 6.45) is 17.8. The average Bonchev–Trinajstić information content (AvgIpc) is 2.59. The van der Waals surface area contributed by atoms with Crippen LogP contribution in [0.4, 0.5) is 4.79 Å². The van der Waals surface area contributed by atoms with E-state index in [2.05, 4.69) is 10.6 Å². The van der Waals surface area contributed by atoms with Crippen molar-refractivity contribution < 1.29 is 4.79 Å². The molecule has 0 unspecified atom stereocenters. The number of allylic oxidation sites excluding steroid dienone is 4. The molecule has 0 aromatic heterocycles. The molecule has 3 heteroatoms. The molecular formula is C14H20N2O. The molecule has 92 valence electrons. The minimum Gasteiger partial charge on any atom is -0.335 e. The Labute approximate surface area is 103 Å². The van der Waals surface area contributed by atoms with Crippen LogP contribution in [0.25, 0.3) is 0 Å². The van der Waals surface area contributed by atoms with Crippen LogP contribution in [0.1, 0.15) is 32.1 Å². The number of rotatable bonds is 2. The van der Waals surface area contributed by atoms with Crippen LogP contribution in [0.3, 0.4) is 0 Å². The van der Waals surface area contributed by atoms with E-state index in [1.54, 1.807) is 0 Å². The molecule has 2 N–H and O–H groups in total. The molecule has 2 amide bonds. The first kappa shape index (κ1) is 12.0. The van der Waals surface area contributed by atoms with Gasteiger partial charge in [-0.1, -0.05) is 55.7 Å². The molecular weight excluding hydrogens is 212 g/mol. The van der Waals surface area contributed by atoms with Crippen molar-refractivity contribution in [3.63, 3.8) is 0 Å². The summed E-state index contributed by atoms with van der Waals surface area (Å²) in [5, 5.41) is 5.99. The molecule has 1 saturated carbocycles. The highest BCUT2D eigenvalue weighted by atomic mass is 16.2. The Morgan fingerprint density at radius 1 is 0.882 bits per heavy atom. The summed E-state index contributed by atoms with van der Waals surface area (Å²) in [4.78, 5) is 11.8. The maximum Gasteiger partial charge on any atom is 0.315 e. The van der Waals surface area contributed by atoms with E-state index in [0.29, 0.717) is 6.04 Å². The smallest absolute Gasteiger partial charge is 0.315 e. The van der Waals surface area contributed by atoms with Gasteiger partial charge in [-0.05, 0) is 12.8 Å². The Bertz CT molecular complexity index is 322. The highest BCUT2D eigenvalue weighted by Crippen LogP contribution is 2.17. The molecule has 2 aliphatic carbocycles. The molecule has 2 rings (SSSR count). The highest BCUT2D eigenvalue weighted by Gasteiger charge is 2.16. The second kappa shape index (κ2) is 6.28. The van der Waals surface area contributed by atoms with Crippen molar-refractivity contribution in [2.45, 2.75) is 44.2 Å². The molecule has 0 aromatic carbocycles. The van der Waals surface area contributed by atoms with E-state index in [1.807, 2.05) is 36.5 Å². The fourth-order valence-electron chi connectivity index (χ4n) is 2.28. The Morgan fingerprint density at radius 2 is 1.53 bits per heavy atom. The van der Waals surface area contributed by atoms with Gasteiger partial charge >= 0.3 is 6.03 Å². The van der Waals surface area contributed by atoms with Crippen molar-refractivity contribution in [2.24, 2.45) is 0 Å². The van der Waals surface area contributed by atoms with Crippen molar-refractivity contribution >= 4 is 6.03 Å². The van der Waals surface area contributed by atoms with Gasteiger partial charge in [-0.3, -0.25) is 0 Å². The summed E-state index contributed by atoms with van der Waals surface area (Å²) in [5.74, 6) is 0.